The highest BCUT2D eigenvalue weighted by molar-refractivity contribution is 9.10. The molecular formula is C20H27BrO. The predicted octanol–water partition coefficient (Wildman–Crippen LogP) is 7.12. The van der Waals surface area contributed by atoms with E-state index in [2.05, 4.69) is 59.3 Å². The third-order valence-corrected chi connectivity index (χ3v) is 4.53. The number of hydrogen-bond donors (Lipinski definition) is 0. The zero-order chi connectivity index (χ0) is 15.6. The van der Waals surface area contributed by atoms with Gasteiger partial charge in [-0.3, -0.25) is 0 Å². The maximum Gasteiger partial charge on any atom is 0.119 e. The Hall–Kier alpha value is -1.02. The maximum absolute atomic E-state index is 5.88. The molecule has 0 heterocycles. The zero-order valence-corrected chi connectivity index (χ0v) is 15.2. The fourth-order valence-electron chi connectivity index (χ4n) is 2.71. The summed E-state index contributed by atoms with van der Waals surface area (Å²) in [5, 5.41) is 2.48. The number of unbranched alkanes of at least 4 members (excludes halogenated alkanes) is 7. The summed E-state index contributed by atoms with van der Waals surface area (Å²) in [6.07, 6.45) is 10.7. The monoisotopic (exact) mass is 362 g/mol. The van der Waals surface area contributed by atoms with E-state index in [1.54, 1.807) is 0 Å². The first-order valence-electron chi connectivity index (χ1n) is 8.61. The van der Waals surface area contributed by atoms with E-state index in [-0.39, 0.29) is 0 Å². The summed E-state index contributed by atoms with van der Waals surface area (Å²) in [7, 11) is 0. The Labute approximate surface area is 143 Å². The summed E-state index contributed by atoms with van der Waals surface area (Å²) in [5.74, 6) is 0.984. The molecule has 0 bridgehead atoms. The predicted molar refractivity (Wildman–Crippen MR) is 99.8 cm³/mol. The van der Waals surface area contributed by atoms with Crippen molar-refractivity contribution in [1.82, 2.24) is 0 Å². The second-order valence-electron chi connectivity index (χ2n) is 5.98. The van der Waals surface area contributed by atoms with Crippen molar-refractivity contribution in [3.8, 4) is 5.75 Å². The van der Waals surface area contributed by atoms with Crippen molar-refractivity contribution in [2.75, 3.05) is 6.61 Å². The molecule has 2 aromatic rings. The SMILES string of the molecule is CCCCCCCCCCOc1ccc2cc(Br)ccc2c1. The molecule has 1 nitrogen and oxygen atoms in total. The van der Waals surface area contributed by atoms with E-state index in [1.165, 1.54) is 55.7 Å². The van der Waals surface area contributed by atoms with E-state index in [0.29, 0.717) is 0 Å². The van der Waals surface area contributed by atoms with E-state index >= 15 is 0 Å². The van der Waals surface area contributed by atoms with Crippen molar-refractivity contribution >= 4 is 26.7 Å². The third-order valence-electron chi connectivity index (χ3n) is 4.04. The first kappa shape index (κ1) is 17.3. The van der Waals surface area contributed by atoms with Crippen molar-refractivity contribution < 1.29 is 4.74 Å². The number of ether oxygens (including phenoxy) is 1. The molecular weight excluding hydrogens is 336 g/mol. The van der Waals surface area contributed by atoms with Crippen LogP contribution in [0.2, 0.25) is 0 Å². The van der Waals surface area contributed by atoms with Crippen LogP contribution in [0.3, 0.4) is 0 Å². The smallest absolute Gasteiger partial charge is 0.119 e. The lowest BCUT2D eigenvalue weighted by molar-refractivity contribution is 0.304. The van der Waals surface area contributed by atoms with Gasteiger partial charge in [-0.25, -0.2) is 0 Å². The Balaban J connectivity index is 1.64. The summed E-state index contributed by atoms with van der Waals surface area (Å²) in [5.41, 5.74) is 0. The average molecular weight is 363 g/mol. The Bertz CT molecular complexity index is 565. The Morgan fingerprint density at radius 2 is 1.41 bits per heavy atom. The van der Waals surface area contributed by atoms with E-state index in [1.807, 2.05) is 0 Å². The minimum absolute atomic E-state index is 0.830. The van der Waals surface area contributed by atoms with Gasteiger partial charge in [0.05, 0.1) is 6.61 Å². The number of fused-ring (bicyclic) bond motifs is 1. The molecule has 22 heavy (non-hydrogen) atoms. The molecule has 0 spiro atoms. The van der Waals surface area contributed by atoms with E-state index < -0.39 is 0 Å². The van der Waals surface area contributed by atoms with Gasteiger partial charge in [0.2, 0.25) is 0 Å². The van der Waals surface area contributed by atoms with Crippen molar-refractivity contribution in [3.05, 3.63) is 40.9 Å². The van der Waals surface area contributed by atoms with Gasteiger partial charge >= 0.3 is 0 Å². The van der Waals surface area contributed by atoms with E-state index in [9.17, 15) is 0 Å². The topological polar surface area (TPSA) is 9.23 Å². The van der Waals surface area contributed by atoms with Gasteiger partial charge < -0.3 is 4.74 Å². The molecule has 0 aliphatic rings. The largest absolute Gasteiger partial charge is 0.494 e. The van der Waals surface area contributed by atoms with Crippen LogP contribution in [0.4, 0.5) is 0 Å². The van der Waals surface area contributed by atoms with Gasteiger partial charge in [-0.1, -0.05) is 79.9 Å². The third kappa shape index (κ3) is 6.00. The fourth-order valence-corrected chi connectivity index (χ4v) is 3.09. The summed E-state index contributed by atoms with van der Waals surface area (Å²) < 4.78 is 7.00. The maximum atomic E-state index is 5.88. The van der Waals surface area contributed by atoms with Crippen LogP contribution in [-0.2, 0) is 0 Å². The van der Waals surface area contributed by atoms with Crippen LogP contribution in [0, 0.1) is 0 Å². The number of benzene rings is 2. The van der Waals surface area contributed by atoms with Gasteiger partial charge in [-0.2, -0.15) is 0 Å². The van der Waals surface area contributed by atoms with E-state index in [0.717, 1.165) is 23.2 Å². The van der Waals surface area contributed by atoms with Crippen molar-refractivity contribution in [1.29, 1.82) is 0 Å². The van der Waals surface area contributed by atoms with Crippen LogP contribution in [0.15, 0.2) is 40.9 Å². The Morgan fingerprint density at radius 3 is 2.18 bits per heavy atom. The van der Waals surface area contributed by atoms with Crippen LogP contribution in [0.5, 0.6) is 5.75 Å². The highest BCUT2D eigenvalue weighted by atomic mass is 79.9. The summed E-state index contributed by atoms with van der Waals surface area (Å²) in [4.78, 5) is 0. The zero-order valence-electron chi connectivity index (χ0n) is 13.6. The molecule has 0 N–H and O–H groups in total. The van der Waals surface area contributed by atoms with Gasteiger partial charge in [0, 0.05) is 4.47 Å². The quantitative estimate of drug-likeness (QED) is 0.408. The van der Waals surface area contributed by atoms with Crippen LogP contribution < -0.4 is 4.74 Å². The Kier molecular flexibility index (Phi) is 7.79. The van der Waals surface area contributed by atoms with Gasteiger partial charge in [-0.05, 0) is 41.5 Å². The van der Waals surface area contributed by atoms with Gasteiger partial charge in [0.15, 0.2) is 0 Å². The van der Waals surface area contributed by atoms with Crippen molar-refractivity contribution in [3.63, 3.8) is 0 Å². The van der Waals surface area contributed by atoms with Crippen LogP contribution in [0.25, 0.3) is 10.8 Å². The van der Waals surface area contributed by atoms with Crippen LogP contribution in [0.1, 0.15) is 58.3 Å². The molecule has 0 aromatic heterocycles. The molecule has 0 aliphatic heterocycles. The van der Waals surface area contributed by atoms with E-state index in [4.69, 9.17) is 4.74 Å². The standard InChI is InChI=1S/C20H27BrO/c1-2-3-4-5-6-7-8-9-14-22-20-13-11-17-15-19(21)12-10-18(17)16-20/h10-13,15-16H,2-9,14H2,1H3. The van der Waals surface area contributed by atoms with Crippen molar-refractivity contribution in [2.24, 2.45) is 0 Å². The molecule has 2 aromatic carbocycles. The first-order valence-corrected chi connectivity index (χ1v) is 9.41. The summed E-state index contributed by atoms with van der Waals surface area (Å²) in [6, 6.07) is 12.7. The molecule has 0 aliphatic carbocycles. The molecule has 0 fully saturated rings. The molecule has 0 saturated carbocycles. The van der Waals surface area contributed by atoms with Crippen LogP contribution in [-0.4, -0.2) is 6.61 Å². The number of hydrogen-bond acceptors (Lipinski definition) is 1. The molecule has 0 saturated heterocycles. The molecule has 0 amide bonds. The van der Waals surface area contributed by atoms with Crippen molar-refractivity contribution in [2.45, 2.75) is 58.3 Å². The molecule has 120 valence electrons. The normalized spacial score (nSPS) is 11.0. The molecule has 0 radical (unpaired) electrons. The highest BCUT2D eigenvalue weighted by Gasteiger charge is 1.99. The second-order valence-corrected chi connectivity index (χ2v) is 6.89. The minimum Gasteiger partial charge on any atom is -0.494 e. The fraction of sp³-hybridized carbons (Fsp3) is 0.500. The van der Waals surface area contributed by atoms with Gasteiger partial charge in [0.25, 0.3) is 0 Å². The summed E-state index contributed by atoms with van der Waals surface area (Å²) in [6.45, 7) is 3.10. The highest BCUT2D eigenvalue weighted by Crippen LogP contribution is 2.24. The average Bonchev–Trinajstić information content (AvgIpc) is 2.53. The lowest BCUT2D eigenvalue weighted by Crippen LogP contribution is -1.97. The number of rotatable bonds is 10. The molecule has 2 heteroatoms. The first-order chi connectivity index (χ1) is 10.8. The lowest BCUT2D eigenvalue weighted by atomic mass is 10.1. The second kappa shape index (κ2) is 9.89. The lowest BCUT2D eigenvalue weighted by Gasteiger charge is -2.07. The van der Waals surface area contributed by atoms with Crippen LogP contribution >= 0.6 is 15.9 Å². The minimum atomic E-state index is 0.830. The number of halogens is 1. The molecule has 2 rings (SSSR count). The molecule has 0 unspecified atom stereocenters. The summed E-state index contributed by atoms with van der Waals surface area (Å²) >= 11 is 3.51. The Morgan fingerprint density at radius 1 is 0.773 bits per heavy atom. The molecule has 0 atom stereocenters. The van der Waals surface area contributed by atoms with Gasteiger partial charge in [0.1, 0.15) is 5.75 Å². The van der Waals surface area contributed by atoms with Gasteiger partial charge in [-0.15, -0.1) is 0 Å².